The van der Waals surface area contributed by atoms with Gasteiger partial charge in [0.15, 0.2) is 0 Å². The Morgan fingerprint density at radius 1 is 1.14 bits per heavy atom. The van der Waals surface area contributed by atoms with Crippen LogP contribution in [-0.2, 0) is 19.6 Å². The summed E-state index contributed by atoms with van der Waals surface area (Å²) in [5.74, 6) is 0.131. The first-order chi connectivity index (χ1) is 16.7. The molecular weight excluding hydrogens is 515 g/mol. The molecule has 192 valence electrons. The van der Waals surface area contributed by atoms with E-state index in [0.29, 0.717) is 48.1 Å². The third-order valence-electron chi connectivity index (χ3n) is 4.79. The van der Waals surface area contributed by atoms with Crippen LogP contribution in [-0.4, -0.2) is 45.4 Å². The van der Waals surface area contributed by atoms with E-state index in [9.17, 15) is 13.2 Å². The zero-order chi connectivity index (χ0) is 25.8. The fourth-order valence-corrected chi connectivity index (χ4v) is 4.47. The molecule has 0 aliphatic heterocycles. The Morgan fingerprint density at radius 3 is 2.57 bits per heavy atom. The summed E-state index contributed by atoms with van der Waals surface area (Å²) in [6.45, 7) is 4.46. The summed E-state index contributed by atoms with van der Waals surface area (Å²) in [6, 6.07) is 6.52. The van der Waals surface area contributed by atoms with Crippen molar-refractivity contribution in [2.45, 2.75) is 39.5 Å². The number of sulfonamides is 1. The summed E-state index contributed by atoms with van der Waals surface area (Å²) in [4.78, 5) is 16.9. The number of carbonyl (C=O) groups is 1. The number of carbonyl (C=O) groups excluding carboxylic acids is 1. The van der Waals surface area contributed by atoms with Crippen molar-refractivity contribution in [3.8, 4) is 17.4 Å². The number of amides is 1. The second-order valence-corrected chi connectivity index (χ2v) is 10.2. The van der Waals surface area contributed by atoms with Crippen molar-refractivity contribution >= 4 is 45.2 Å². The van der Waals surface area contributed by atoms with E-state index < -0.39 is 15.9 Å². The van der Waals surface area contributed by atoms with Crippen molar-refractivity contribution in [1.29, 1.82) is 0 Å². The van der Waals surface area contributed by atoms with Crippen molar-refractivity contribution < 1.29 is 27.4 Å². The average Bonchev–Trinajstić information content (AvgIpc) is 2.80. The van der Waals surface area contributed by atoms with E-state index in [1.165, 1.54) is 12.3 Å². The van der Waals surface area contributed by atoms with E-state index in [1.54, 1.807) is 38.3 Å². The Bertz CT molecular complexity index is 1140. The molecule has 0 unspecified atom stereocenters. The molecule has 0 radical (unpaired) electrons. The second-order valence-electron chi connectivity index (χ2n) is 7.56. The van der Waals surface area contributed by atoms with Gasteiger partial charge in [-0.15, -0.1) is 0 Å². The number of nitrogens with zero attached hydrogens (tertiary/aromatic N) is 1. The van der Waals surface area contributed by atoms with Crippen LogP contribution in [0, 0.1) is 0 Å². The lowest BCUT2D eigenvalue weighted by atomic mass is 10.1. The summed E-state index contributed by atoms with van der Waals surface area (Å²) in [5.41, 5.74) is 0.768. The fourth-order valence-electron chi connectivity index (χ4n) is 2.95. The van der Waals surface area contributed by atoms with Crippen LogP contribution in [0.25, 0.3) is 6.08 Å². The Morgan fingerprint density at radius 2 is 1.91 bits per heavy atom. The number of hydrogen-bond acceptors (Lipinski definition) is 7. The zero-order valence-corrected chi connectivity index (χ0v) is 22.3. The topological polar surface area (TPSA) is 104 Å². The molecule has 8 nitrogen and oxygen atoms in total. The van der Waals surface area contributed by atoms with Crippen molar-refractivity contribution in [2.24, 2.45) is 0 Å². The predicted octanol–water partition coefficient (Wildman–Crippen LogP) is 5.64. The summed E-state index contributed by atoms with van der Waals surface area (Å²) in [5, 5.41) is 0.550. The van der Waals surface area contributed by atoms with Crippen LogP contribution in [0.15, 0.2) is 36.0 Å². The Balaban J connectivity index is 2.36. The van der Waals surface area contributed by atoms with E-state index in [-0.39, 0.29) is 22.2 Å². The van der Waals surface area contributed by atoms with Crippen LogP contribution < -0.4 is 14.2 Å². The second kappa shape index (κ2) is 14.3. The van der Waals surface area contributed by atoms with Gasteiger partial charge in [-0.3, -0.25) is 4.79 Å². The van der Waals surface area contributed by atoms with E-state index in [0.717, 1.165) is 12.8 Å². The minimum absolute atomic E-state index is 0.105. The number of ether oxygens (including phenoxy) is 3. The molecule has 1 N–H and O–H groups in total. The van der Waals surface area contributed by atoms with Crippen LogP contribution in [0.1, 0.15) is 45.1 Å². The van der Waals surface area contributed by atoms with Crippen molar-refractivity contribution in [3.05, 3.63) is 51.6 Å². The molecular formula is C24H30Cl2N2O6S. The fraction of sp³-hybridized carbons (Fsp3) is 0.417. The molecule has 0 saturated heterocycles. The van der Waals surface area contributed by atoms with Gasteiger partial charge in [0.25, 0.3) is 5.91 Å². The van der Waals surface area contributed by atoms with Crippen molar-refractivity contribution in [2.75, 3.05) is 26.1 Å². The number of pyridine rings is 1. The number of rotatable bonds is 14. The molecule has 0 aliphatic rings. The molecule has 35 heavy (non-hydrogen) atoms. The molecule has 1 aromatic heterocycles. The summed E-state index contributed by atoms with van der Waals surface area (Å²) < 4.78 is 43.3. The van der Waals surface area contributed by atoms with Gasteiger partial charge in [-0.05, 0) is 37.1 Å². The lowest BCUT2D eigenvalue weighted by molar-refractivity contribution is -0.115. The molecule has 0 fully saturated rings. The highest BCUT2D eigenvalue weighted by atomic mass is 35.5. The number of aromatic nitrogens is 1. The van der Waals surface area contributed by atoms with Gasteiger partial charge in [0, 0.05) is 30.5 Å². The number of unbranched alkanes of at least 4 members (excludes halogenated alkanes) is 2. The van der Waals surface area contributed by atoms with Gasteiger partial charge >= 0.3 is 0 Å². The third kappa shape index (κ3) is 9.68. The molecule has 11 heteroatoms. The molecule has 0 atom stereocenters. The van der Waals surface area contributed by atoms with Crippen LogP contribution in [0.3, 0.4) is 0 Å². The lowest BCUT2D eigenvalue weighted by Gasteiger charge is -2.14. The predicted molar refractivity (Wildman–Crippen MR) is 138 cm³/mol. The maximum absolute atomic E-state index is 12.7. The molecule has 2 aromatic rings. The van der Waals surface area contributed by atoms with E-state index in [2.05, 4.69) is 9.71 Å². The molecule has 2 rings (SSSR count). The van der Waals surface area contributed by atoms with Crippen LogP contribution in [0.5, 0.6) is 17.4 Å². The first-order valence-corrected chi connectivity index (χ1v) is 13.6. The van der Waals surface area contributed by atoms with Gasteiger partial charge in [-0.1, -0.05) is 49.9 Å². The summed E-state index contributed by atoms with van der Waals surface area (Å²) in [7, 11) is -2.16. The number of benzene rings is 1. The number of methoxy groups -OCH3 is 1. The molecule has 0 spiro atoms. The highest BCUT2D eigenvalue weighted by Gasteiger charge is 2.18. The maximum Gasteiger partial charge on any atom is 0.260 e. The van der Waals surface area contributed by atoms with Gasteiger partial charge in [0.1, 0.15) is 23.1 Å². The van der Waals surface area contributed by atoms with Crippen LogP contribution >= 0.6 is 23.2 Å². The smallest absolute Gasteiger partial charge is 0.260 e. The van der Waals surface area contributed by atoms with Gasteiger partial charge in [0.2, 0.25) is 15.9 Å². The summed E-state index contributed by atoms with van der Waals surface area (Å²) >= 11 is 12.1. The van der Waals surface area contributed by atoms with E-state index in [4.69, 9.17) is 37.4 Å². The SMILES string of the molecule is CCCCCS(=O)(=O)NC(=O)/C(=C/c1ccc(OCCOC)cc1Oc1ncc(Cl)cc1Cl)CC. The lowest BCUT2D eigenvalue weighted by Crippen LogP contribution is -2.33. The van der Waals surface area contributed by atoms with E-state index in [1.807, 2.05) is 6.92 Å². The highest BCUT2D eigenvalue weighted by molar-refractivity contribution is 7.90. The Labute approximate surface area is 216 Å². The largest absolute Gasteiger partial charge is 0.491 e. The van der Waals surface area contributed by atoms with Crippen LogP contribution in [0.4, 0.5) is 0 Å². The van der Waals surface area contributed by atoms with Gasteiger partial charge in [0.05, 0.1) is 17.4 Å². The van der Waals surface area contributed by atoms with Crippen molar-refractivity contribution in [3.63, 3.8) is 0 Å². The number of halogens is 2. The minimum atomic E-state index is -3.73. The first-order valence-electron chi connectivity index (χ1n) is 11.2. The molecule has 1 aromatic carbocycles. The average molecular weight is 545 g/mol. The number of nitrogens with one attached hydrogen (secondary N) is 1. The maximum atomic E-state index is 12.7. The quantitative estimate of drug-likeness (QED) is 0.242. The highest BCUT2D eigenvalue weighted by Crippen LogP contribution is 2.34. The molecule has 0 saturated carbocycles. The molecule has 0 aliphatic carbocycles. The van der Waals surface area contributed by atoms with Gasteiger partial charge in [-0.25, -0.2) is 18.1 Å². The summed E-state index contributed by atoms with van der Waals surface area (Å²) in [6.07, 6.45) is 5.39. The zero-order valence-electron chi connectivity index (χ0n) is 20.0. The van der Waals surface area contributed by atoms with Gasteiger partial charge < -0.3 is 14.2 Å². The van der Waals surface area contributed by atoms with Gasteiger partial charge in [-0.2, -0.15) is 0 Å². The Hall–Kier alpha value is -2.33. The minimum Gasteiger partial charge on any atom is -0.491 e. The molecule has 0 bridgehead atoms. The standard InChI is InChI=1S/C24H30Cl2N2O6S/c1-4-6-7-12-35(30,31)28-23(29)17(5-2)13-18-8-9-20(33-11-10-32-3)15-22(18)34-24-21(26)14-19(25)16-27-24/h8-9,13-16H,4-7,10-12H2,1-3H3,(H,28,29)/b17-13+. The molecule has 1 heterocycles. The van der Waals surface area contributed by atoms with Crippen molar-refractivity contribution in [1.82, 2.24) is 9.71 Å². The third-order valence-corrected chi connectivity index (χ3v) is 6.59. The van der Waals surface area contributed by atoms with Crippen LogP contribution in [0.2, 0.25) is 10.0 Å². The Kier molecular flexibility index (Phi) is 11.8. The first kappa shape index (κ1) is 28.9. The number of hydrogen-bond donors (Lipinski definition) is 1. The molecule has 1 amide bonds. The monoisotopic (exact) mass is 544 g/mol. The normalized spacial score (nSPS) is 11.9. The van der Waals surface area contributed by atoms with E-state index >= 15 is 0 Å².